The minimum Gasteiger partial charge on any atom is -0.491 e. The molecule has 7 heteroatoms. The molecule has 3 aliphatic rings. The molecule has 1 unspecified atom stereocenters. The number of nitrogens with zero attached hydrogens (tertiary/aromatic N) is 1. The first-order chi connectivity index (χ1) is 19.0. The van der Waals surface area contributed by atoms with E-state index < -0.39 is 5.41 Å². The Kier molecular flexibility index (Phi) is 5.17. The number of carbonyl (C=O) groups is 2. The summed E-state index contributed by atoms with van der Waals surface area (Å²) in [6.07, 6.45) is 0. The zero-order valence-electron chi connectivity index (χ0n) is 21.6. The molecule has 3 heterocycles. The fourth-order valence-corrected chi connectivity index (χ4v) is 5.80. The third-order valence-electron chi connectivity index (χ3n) is 8.03. The lowest BCUT2D eigenvalue weighted by Crippen LogP contribution is -2.42. The summed E-state index contributed by atoms with van der Waals surface area (Å²) >= 11 is 0. The number of para-hydroxylation sites is 1. The van der Waals surface area contributed by atoms with Crippen molar-refractivity contribution in [2.24, 2.45) is 0 Å². The summed E-state index contributed by atoms with van der Waals surface area (Å²) in [5.74, 6) is 1.62. The summed E-state index contributed by atoms with van der Waals surface area (Å²) in [7, 11) is 0. The number of rotatable bonds is 4. The predicted molar refractivity (Wildman–Crippen MR) is 147 cm³/mol. The SMILES string of the molecule is Cc1cccc(NC(=O)c2cccc(CN3C(=O)C4(COc5cc6c(cc54)OCO6)c4ccccc43)c2)c1C. The van der Waals surface area contributed by atoms with Gasteiger partial charge in [0.15, 0.2) is 11.5 Å². The normalized spacial score (nSPS) is 18.2. The van der Waals surface area contributed by atoms with Gasteiger partial charge in [-0.05, 0) is 66.4 Å². The minimum atomic E-state index is -0.968. The van der Waals surface area contributed by atoms with Gasteiger partial charge in [0.2, 0.25) is 12.7 Å². The van der Waals surface area contributed by atoms with Crippen molar-refractivity contribution in [1.82, 2.24) is 0 Å². The zero-order chi connectivity index (χ0) is 26.7. The molecule has 39 heavy (non-hydrogen) atoms. The van der Waals surface area contributed by atoms with Crippen LogP contribution in [0.3, 0.4) is 0 Å². The van der Waals surface area contributed by atoms with Crippen LogP contribution in [0.4, 0.5) is 11.4 Å². The maximum atomic E-state index is 14.3. The van der Waals surface area contributed by atoms with E-state index in [-0.39, 0.29) is 25.2 Å². The van der Waals surface area contributed by atoms with Gasteiger partial charge >= 0.3 is 0 Å². The van der Waals surface area contributed by atoms with Crippen LogP contribution in [0.1, 0.15) is 38.2 Å². The Morgan fingerprint density at radius 3 is 2.54 bits per heavy atom. The van der Waals surface area contributed by atoms with Gasteiger partial charge in [0.05, 0.1) is 6.54 Å². The molecular weight excluding hydrogens is 492 g/mol. The highest BCUT2D eigenvalue weighted by atomic mass is 16.7. The van der Waals surface area contributed by atoms with Crippen LogP contribution >= 0.6 is 0 Å². The van der Waals surface area contributed by atoms with Gasteiger partial charge in [-0.1, -0.05) is 42.5 Å². The molecule has 7 rings (SSSR count). The van der Waals surface area contributed by atoms with Crippen molar-refractivity contribution in [3.63, 3.8) is 0 Å². The van der Waals surface area contributed by atoms with E-state index in [2.05, 4.69) is 5.32 Å². The number of hydrogen-bond acceptors (Lipinski definition) is 5. The Morgan fingerprint density at radius 2 is 1.67 bits per heavy atom. The Balaban J connectivity index is 1.21. The van der Waals surface area contributed by atoms with E-state index in [4.69, 9.17) is 14.2 Å². The van der Waals surface area contributed by atoms with Gasteiger partial charge in [0.25, 0.3) is 5.91 Å². The molecular formula is C32H26N2O5. The summed E-state index contributed by atoms with van der Waals surface area (Å²) in [5, 5.41) is 3.03. The fourth-order valence-electron chi connectivity index (χ4n) is 5.80. The first-order valence-electron chi connectivity index (χ1n) is 12.9. The summed E-state index contributed by atoms with van der Waals surface area (Å²) < 4.78 is 17.2. The van der Waals surface area contributed by atoms with Gasteiger partial charge < -0.3 is 24.4 Å². The number of benzene rings is 4. The number of amides is 2. The topological polar surface area (TPSA) is 77.1 Å². The van der Waals surface area contributed by atoms with Gasteiger partial charge in [-0.15, -0.1) is 0 Å². The first kappa shape index (κ1) is 23.3. The van der Waals surface area contributed by atoms with Crippen LogP contribution in [0.5, 0.6) is 17.2 Å². The van der Waals surface area contributed by atoms with Crippen LogP contribution in [0, 0.1) is 13.8 Å². The monoisotopic (exact) mass is 518 g/mol. The highest BCUT2D eigenvalue weighted by Gasteiger charge is 2.57. The number of anilines is 2. The summed E-state index contributed by atoms with van der Waals surface area (Å²) in [4.78, 5) is 29.2. The Hall–Kier alpha value is -4.78. The summed E-state index contributed by atoms with van der Waals surface area (Å²) in [5.41, 5.74) is 5.88. The van der Waals surface area contributed by atoms with E-state index in [0.29, 0.717) is 29.4 Å². The fraction of sp³-hybridized carbons (Fsp3) is 0.188. The molecule has 4 aromatic carbocycles. The molecule has 0 saturated heterocycles. The van der Waals surface area contributed by atoms with Crippen molar-refractivity contribution in [2.75, 3.05) is 23.6 Å². The van der Waals surface area contributed by atoms with Gasteiger partial charge in [-0.25, -0.2) is 0 Å². The quantitative estimate of drug-likeness (QED) is 0.386. The average Bonchev–Trinajstić information content (AvgIpc) is 3.63. The second-order valence-electron chi connectivity index (χ2n) is 10.2. The lowest BCUT2D eigenvalue weighted by Gasteiger charge is -2.23. The van der Waals surface area contributed by atoms with Gasteiger partial charge in [0, 0.05) is 28.6 Å². The molecule has 4 aromatic rings. The molecule has 0 aromatic heterocycles. The molecule has 194 valence electrons. The number of carbonyl (C=O) groups excluding carboxylic acids is 2. The Morgan fingerprint density at radius 1 is 0.872 bits per heavy atom. The molecule has 3 aliphatic heterocycles. The zero-order valence-corrected chi connectivity index (χ0v) is 21.6. The molecule has 0 bridgehead atoms. The van der Waals surface area contributed by atoms with E-state index in [0.717, 1.165) is 39.2 Å². The van der Waals surface area contributed by atoms with E-state index in [1.54, 1.807) is 11.0 Å². The minimum absolute atomic E-state index is 0.0634. The largest absolute Gasteiger partial charge is 0.491 e. The van der Waals surface area contributed by atoms with Crippen LogP contribution in [0.2, 0.25) is 0 Å². The predicted octanol–water partition coefficient (Wildman–Crippen LogP) is 5.51. The van der Waals surface area contributed by atoms with Crippen molar-refractivity contribution in [3.8, 4) is 17.2 Å². The smallest absolute Gasteiger partial charge is 0.255 e. The van der Waals surface area contributed by atoms with Gasteiger partial charge in [-0.2, -0.15) is 0 Å². The van der Waals surface area contributed by atoms with Crippen molar-refractivity contribution >= 4 is 23.2 Å². The van der Waals surface area contributed by atoms with Crippen LogP contribution in [-0.4, -0.2) is 25.2 Å². The molecule has 2 amide bonds. The molecule has 0 fully saturated rings. The van der Waals surface area contributed by atoms with E-state index in [9.17, 15) is 9.59 Å². The number of aryl methyl sites for hydroxylation is 1. The maximum absolute atomic E-state index is 14.3. The van der Waals surface area contributed by atoms with Crippen molar-refractivity contribution in [1.29, 1.82) is 0 Å². The maximum Gasteiger partial charge on any atom is 0.255 e. The lowest BCUT2D eigenvalue weighted by atomic mass is 9.77. The third-order valence-corrected chi connectivity index (χ3v) is 8.03. The number of hydrogen-bond donors (Lipinski definition) is 1. The summed E-state index contributed by atoms with van der Waals surface area (Å²) in [6, 6.07) is 24.8. The first-order valence-corrected chi connectivity index (χ1v) is 12.9. The van der Waals surface area contributed by atoms with Gasteiger partial charge in [-0.3, -0.25) is 9.59 Å². The van der Waals surface area contributed by atoms with Crippen molar-refractivity contribution < 1.29 is 23.8 Å². The molecule has 0 radical (unpaired) electrons. The third kappa shape index (κ3) is 3.50. The van der Waals surface area contributed by atoms with E-state index in [1.165, 1.54) is 0 Å². The van der Waals surface area contributed by atoms with Crippen LogP contribution < -0.4 is 24.4 Å². The van der Waals surface area contributed by atoms with Crippen molar-refractivity contribution in [2.45, 2.75) is 25.8 Å². The number of ether oxygens (including phenoxy) is 3. The Bertz CT molecular complexity index is 1680. The highest BCUT2D eigenvalue weighted by molar-refractivity contribution is 6.11. The average molecular weight is 519 g/mol. The second-order valence-corrected chi connectivity index (χ2v) is 10.2. The molecule has 1 spiro atoms. The van der Waals surface area contributed by atoms with E-state index >= 15 is 0 Å². The number of nitrogens with one attached hydrogen (secondary N) is 1. The highest BCUT2D eigenvalue weighted by Crippen LogP contribution is 2.55. The molecule has 0 aliphatic carbocycles. The van der Waals surface area contributed by atoms with Crippen LogP contribution in [0.15, 0.2) is 78.9 Å². The summed E-state index contributed by atoms with van der Waals surface area (Å²) in [6.45, 7) is 4.68. The Labute approximate surface area is 225 Å². The van der Waals surface area contributed by atoms with Crippen molar-refractivity contribution in [3.05, 3.63) is 112 Å². The van der Waals surface area contributed by atoms with Crippen LogP contribution in [0.25, 0.3) is 0 Å². The van der Waals surface area contributed by atoms with Gasteiger partial charge in [0.1, 0.15) is 17.8 Å². The number of fused-ring (bicyclic) bond motifs is 5. The molecule has 1 atom stereocenters. The van der Waals surface area contributed by atoms with Crippen LogP contribution in [-0.2, 0) is 16.8 Å². The molecule has 1 N–H and O–H groups in total. The molecule has 7 nitrogen and oxygen atoms in total. The standard InChI is InChI=1S/C32H26N2O5/c1-19-7-5-11-25(20(19)2)33-30(35)22-9-6-8-21(13-22)16-34-26-12-4-3-10-23(26)32(31(34)36)17-37-27-15-29-28(14-24(27)32)38-18-39-29/h3-15H,16-18H2,1-2H3,(H,33,35). The second kappa shape index (κ2) is 8.63. The van der Waals surface area contributed by atoms with E-state index in [1.807, 2.05) is 86.6 Å². The molecule has 0 saturated carbocycles. The lowest BCUT2D eigenvalue weighted by molar-refractivity contribution is -0.122.